The lowest BCUT2D eigenvalue weighted by atomic mass is 9.88. The highest BCUT2D eigenvalue weighted by molar-refractivity contribution is 7.13. The third kappa shape index (κ3) is 2.85. The number of piperidine rings is 1. The number of aromatic nitrogens is 1. The molecule has 4 nitrogen and oxygen atoms in total. The van der Waals surface area contributed by atoms with Gasteiger partial charge in [-0.1, -0.05) is 23.7 Å². The third-order valence-corrected chi connectivity index (χ3v) is 6.16. The number of hydrogen-bond donors (Lipinski definition) is 1. The summed E-state index contributed by atoms with van der Waals surface area (Å²) >= 11 is 7.39. The van der Waals surface area contributed by atoms with E-state index in [1.807, 2.05) is 41.5 Å². The van der Waals surface area contributed by atoms with E-state index in [1.165, 1.54) is 11.3 Å². The Balaban J connectivity index is 1.57. The first kappa shape index (κ1) is 16.1. The van der Waals surface area contributed by atoms with Gasteiger partial charge in [-0.05, 0) is 44.7 Å². The van der Waals surface area contributed by atoms with E-state index in [9.17, 15) is 9.90 Å². The highest BCUT2D eigenvalue weighted by Crippen LogP contribution is 2.41. The second-order valence-electron chi connectivity index (χ2n) is 7.05. The van der Waals surface area contributed by atoms with Gasteiger partial charge in [-0.2, -0.15) is 0 Å². The number of hydrogen-bond acceptors (Lipinski definition) is 4. The smallest absolute Gasteiger partial charge is 0.273 e. The van der Waals surface area contributed by atoms with Gasteiger partial charge in [-0.3, -0.25) is 4.79 Å². The molecule has 1 N–H and O–H groups in total. The lowest BCUT2D eigenvalue weighted by Crippen LogP contribution is -2.52. The zero-order valence-electron chi connectivity index (χ0n) is 13.4. The predicted molar refractivity (Wildman–Crippen MR) is 95.4 cm³/mol. The normalized spacial score (nSPS) is 29.0. The van der Waals surface area contributed by atoms with Gasteiger partial charge in [-0.25, -0.2) is 4.98 Å². The van der Waals surface area contributed by atoms with Gasteiger partial charge in [0.25, 0.3) is 5.91 Å². The van der Waals surface area contributed by atoms with E-state index >= 15 is 0 Å². The first-order valence-corrected chi connectivity index (χ1v) is 9.45. The molecule has 1 aromatic carbocycles. The van der Waals surface area contributed by atoms with Crippen LogP contribution in [0.2, 0.25) is 5.02 Å². The van der Waals surface area contributed by atoms with E-state index in [1.54, 1.807) is 0 Å². The number of thiazole rings is 1. The minimum Gasteiger partial charge on any atom is -0.390 e. The molecule has 2 unspecified atom stereocenters. The number of carbonyl (C=O) groups is 1. The maximum absolute atomic E-state index is 12.9. The molecule has 1 aromatic heterocycles. The van der Waals surface area contributed by atoms with Gasteiger partial charge in [0, 0.05) is 28.0 Å². The topological polar surface area (TPSA) is 53.4 Å². The number of rotatable bonds is 2. The summed E-state index contributed by atoms with van der Waals surface area (Å²) in [6.45, 7) is 1.88. The number of benzene rings is 1. The number of aliphatic hydroxyl groups is 1. The maximum atomic E-state index is 12.9. The molecule has 126 valence electrons. The lowest BCUT2D eigenvalue weighted by molar-refractivity contribution is -0.0301. The Hall–Kier alpha value is -1.43. The molecule has 24 heavy (non-hydrogen) atoms. The average molecular weight is 363 g/mol. The molecule has 2 saturated heterocycles. The molecule has 0 aliphatic carbocycles. The van der Waals surface area contributed by atoms with Crippen LogP contribution in [0.25, 0.3) is 10.6 Å². The predicted octanol–water partition coefficient (Wildman–Crippen LogP) is 3.98. The zero-order chi connectivity index (χ0) is 16.9. The van der Waals surface area contributed by atoms with Crippen LogP contribution in [-0.2, 0) is 0 Å². The molecular weight excluding hydrogens is 344 g/mol. The van der Waals surface area contributed by atoms with Crippen molar-refractivity contribution in [1.82, 2.24) is 9.88 Å². The van der Waals surface area contributed by atoms with Crippen LogP contribution in [0.3, 0.4) is 0 Å². The summed E-state index contributed by atoms with van der Waals surface area (Å²) in [7, 11) is 0. The summed E-state index contributed by atoms with van der Waals surface area (Å²) in [5.74, 6) is -0.00513. The van der Waals surface area contributed by atoms with E-state index in [4.69, 9.17) is 11.6 Å². The SMILES string of the molecule is CC1(O)CC2CCC(C1)N2C(=O)c1csc(-c2ccc(Cl)cc2)n1. The Morgan fingerprint density at radius 3 is 2.54 bits per heavy atom. The summed E-state index contributed by atoms with van der Waals surface area (Å²) < 4.78 is 0. The summed E-state index contributed by atoms with van der Waals surface area (Å²) in [5.41, 5.74) is 0.815. The molecule has 2 fully saturated rings. The van der Waals surface area contributed by atoms with E-state index in [0.29, 0.717) is 23.6 Å². The molecule has 4 rings (SSSR count). The molecule has 6 heteroatoms. The zero-order valence-corrected chi connectivity index (χ0v) is 15.0. The summed E-state index contributed by atoms with van der Waals surface area (Å²) in [6, 6.07) is 7.74. The number of halogens is 1. The highest BCUT2D eigenvalue weighted by Gasteiger charge is 2.47. The van der Waals surface area contributed by atoms with Crippen LogP contribution in [-0.4, -0.2) is 38.6 Å². The van der Waals surface area contributed by atoms with Gasteiger partial charge in [0.05, 0.1) is 5.60 Å². The third-order valence-electron chi connectivity index (χ3n) is 5.02. The van der Waals surface area contributed by atoms with Crippen molar-refractivity contribution in [3.8, 4) is 10.6 Å². The minimum absolute atomic E-state index is 0.00513. The molecule has 2 aliphatic heterocycles. The fourth-order valence-corrected chi connectivity index (χ4v) is 4.95. The van der Waals surface area contributed by atoms with Crippen molar-refractivity contribution < 1.29 is 9.90 Å². The molecule has 3 heterocycles. The van der Waals surface area contributed by atoms with Crippen LogP contribution in [0.5, 0.6) is 0 Å². The quantitative estimate of drug-likeness (QED) is 0.879. The molecular formula is C18H19ClN2O2S. The van der Waals surface area contributed by atoms with Crippen LogP contribution >= 0.6 is 22.9 Å². The van der Waals surface area contributed by atoms with E-state index < -0.39 is 5.60 Å². The van der Waals surface area contributed by atoms with Crippen molar-refractivity contribution in [1.29, 1.82) is 0 Å². The Kier molecular flexibility index (Phi) is 3.90. The van der Waals surface area contributed by atoms with Gasteiger partial charge in [-0.15, -0.1) is 11.3 Å². The maximum Gasteiger partial charge on any atom is 0.273 e. The van der Waals surface area contributed by atoms with Crippen molar-refractivity contribution in [2.75, 3.05) is 0 Å². The average Bonchev–Trinajstić information content (AvgIpc) is 3.11. The number of fused-ring (bicyclic) bond motifs is 2. The van der Waals surface area contributed by atoms with Gasteiger partial charge in [0.1, 0.15) is 10.7 Å². The molecule has 1 amide bonds. The monoisotopic (exact) mass is 362 g/mol. The molecule has 2 aliphatic rings. The largest absolute Gasteiger partial charge is 0.390 e. The fourth-order valence-electron chi connectivity index (χ4n) is 4.02. The molecule has 2 bridgehead atoms. The van der Waals surface area contributed by atoms with Crippen LogP contribution in [0, 0.1) is 0 Å². The van der Waals surface area contributed by atoms with E-state index in [-0.39, 0.29) is 18.0 Å². The molecule has 2 atom stereocenters. The van der Waals surface area contributed by atoms with Crippen molar-refractivity contribution in [3.05, 3.63) is 40.4 Å². The Labute approximate surface area is 150 Å². The highest BCUT2D eigenvalue weighted by atomic mass is 35.5. The molecule has 0 spiro atoms. The van der Waals surface area contributed by atoms with Crippen molar-refractivity contribution in [3.63, 3.8) is 0 Å². The Bertz CT molecular complexity index is 756. The number of amides is 1. The standard InChI is InChI=1S/C18H19ClN2O2S/c1-18(23)8-13-6-7-14(9-18)21(13)17(22)15-10-24-16(20-15)11-2-4-12(19)5-3-11/h2-5,10,13-14,23H,6-9H2,1H3. The van der Waals surface area contributed by atoms with Crippen LogP contribution in [0.15, 0.2) is 29.6 Å². The first-order chi connectivity index (χ1) is 11.4. The van der Waals surface area contributed by atoms with Gasteiger partial charge in [0.2, 0.25) is 0 Å². The van der Waals surface area contributed by atoms with Gasteiger partial charge in [0.15, 0.2) is 0 Å². The molecule has 2 aromatic rings. The van der Waals surface area contributed by atoms with Gasteiger partial charge >= 0.3 is 0 Å². The first-order valence-electron chi connectivity index (χ1n) is 8.19. The second-order valence-corrected chi connectivity index (χ2v) is 8.34. The minimum atomic E-state index is -0.654. The number of carbonyl (C=O) groups excluding carboxylic acids is 1. The fraction of sp³-hybridized carbons (Fsp3) is 0.444. The van der Waals surface area contributed by atoms with Crippen LogP contribution in [0.1, 0.15) is 43.1 Å². The summed E-state index contributed by atoms with van der Waals surface area (Å²) in [5, 5.41) is 13.7. The Morgan fingerprint density at radius 2 is 1.92 bits per heavy atom. The van der Waals surface area contributed by atoms with E-state index in [2.05, 4.69) is 4.98 Å². The van der Waals surface area contributed by atoms with Crippen molar-refractivity contribution in [2.24, 2.45) is 0 Å². The van der Waals surface area contributed by atoms with Gasteiger partial charge < -0.3 is 10.0 Å². The van der Waals surface area contributed by atoms with Crippen molar-refractivity contribution >= 4 is 28.8 Å². The van der Waals surface area contributed by atoms with Crippen LogP contribution < -0.4 is 0 Å². The second kappa shape index (κ2) is 5.83. The molecule has 0 radical (unpaired) electrons. The molecule has 0 saturated carbocycles. The van der Waals surface area contributed by atoms with E-state index in [0.717, 1.165) is 23.4 Å². The lowest BCUT2D eigenvalue weighted by Gasteiger charge is -2.41. The number of nitrogens with zero attached hydrogens (tertiary/aromatic N) is 2. The summed E-state index contributed by atoms with van der Waals surface area (Å²) in [6.07, 6.45) is 3.26. The summed E-state index contributed by atoms with van der Waals surface area (Å²) in [4.78, 5) is 19.4. The van der Waals surface area contributed by atoms with Crippen LogP contribution in [0.4, 0.5) is 0 Å². The van der Waals surface area contributed by atoms with Crippen molar-refractivity contribution in [2.45, 2.75) is 50.3 Å². The Morgan fingerprint density at radius 1 is 1.29 bits per heavy atom.